The molecule has 1 aromatic heterocycles. The van der Waals surface area contributed by atoms with E-state index in [1.807, 2.05) is 20.0 Å². The van der Waals surface area contributed by atoms with E-state index in [2.05, 4.69) is 4.98 Å². The van der Waals surface area contributed by atoms with Crippen molar-refractivity contribution in [3.05, 3.63) is 48.0 Å². The van der Waals surface area contributed by atoms with E-state index >= 15 is 0 Å². The van der Waals surface area contributed by atoms with Gasteiger partial charge in [-0.15, -0.1) is 0 Å². The summed E-state index contributed by atoms with van der Waals surface area (Å²) in [5.41, 5.74) is 1.04. The average Bonchev–Trinajstić information content (AvgIpc) is 2.76. The Bertz CT molecular complexity index is 532. The van der Waals surface area contributed by atoms with Crippen LogP contribution in [0.2, 0.25) is 0 Å². The summed E-state index contributed by atoms with van der Waals surface area (Å²) >= 11 is 0. The van der Waals surface area contributed by atoms with Gasteiger partial charge in [-0.1, -0.05) is 12.1 Å². The number of carbonyl (C=O) groups excluding carboxylic acids is 1. The van der Waals surface area contributed by atoms with Crippen LogP contribution in [0.15, 0.2) is 36.8 Å². The first-order valence-electron chi connectivity index (χ1n) is 5.46. The van der Waals surface area contributed by atoms with Gasteiger partial charge in [0.25, 0.3) is 0 Å². The Morgan fingerprint density at radius 2 is 2.29 bits per heavy atom. The lowest BCUT2D eigenvalue weighted by Crippen LogP contribution is -2.02. The number of nitrogens with zero attached hydrogens (tertiary/aromatic N) is 2. The van der Waals surface area contributed by atoms with Gasteiger partial charge in [0.15, 0.2) is 0 Å². The highest BCUT2D eigenvalue weighted by molar-refractivity contribution is 6.07. The number of aryl methyl sites for hydroxylation is 1. The molecule has 0 unspecified atom stereocenters. The van der Waals surface area contributed by atoms with Crippen LogP contribution in [0.3, 0.4) is 0 Å². The SMILES string of the molecule is CCOc1cccc(C(=O)c2cn(C)cn2)c1. The van der Waals surface area contributed by atoms with E-state index in [9.17, 15) is 4.79 Å². The van der Waals surface area contributed by atoms with Gasteiger partial charge in [-0.25, -0.2) is 4.98 Å². The fourth-order valence-electron chi connectivity index (χ4n) is 1.57. The predicted molar refractivity (Wildman–Crippen MR) is 64.3 cm³/mol. The zero-order chi connectivity index (χ0) is 12.3. The third kappa shape index (κ3) is 2.53. The molecule has 0 aliphatic carbocycles. The molecule has 0 aliphatic rings. The lowest BCUT2D eigenvalue weighted by atomic mass is 10.1. The highest BCUT2D eigenvalue weighted by Gasteiger charge is 2.12. The third-order valence-electron chi connectivity index (χ3n) is 2.34. The summed E-state index contributed by atoms with van der Waals surface area (Å²) in [6, 6.07) is 7.14. The number of rotatable bonds is 4. The molecule has 2 rings (SSSR count). The molecule has 0 amide bonds. The summed E-state index contributed by atoms with van der Waals surface area (Å²) in [7, 11) is 1.83. The molecule has 4 heteroatoms. The monoisotopic (exact) mass is 230 g/mol. The summed E-state index contributed by atoms with van der Waals surface area (Å²) in [6.07, 6.45) is 3.31. The van der Waals surface area contributed by atoms with Crippen LogP contribution in [0.1, 0.15) is 23.0 Å². The first-order chi connectivity index (χ1) is 8.20. The second-order valence-electron chi connectivity index (χ2n) is 3.71. The second-order valence-corrected chi connectivity index (χ2v) is 3.71. The van der Waals surface area contributed by atoms with Crippen molar-refractivity contribution >= 4 is 5.78 Å². The van der Waals surface area contributed by atoms with Crippen molar-refractivity contribution < 1.29 is 9.53 Å². The van der Waals surface area contributed by atoms with Crippen molar-refractivity contribution in [2.24, 2.45) is 7.05 Å². The largest absolute Gasteiger partial charge is 0.494 e. The van der Waals surface area contributed by atoms with Crippen LogP contribution in [-0.2, 0) is 7.05 Å². The van der Waals surface area contributed by atoms with Crippen molar-refractivity contribution in [1.82, 2.24) is 9.55 Å². The summed E-state index contributed by atoms with van der Waals surface area (Å²) in [5, 5.41) is 0. The fraction of sp³-hybridized carbons (Fsp3) is 0.231. The first-order valence-corrected chi connectivity index (χ1v) is 5.46. The molecule has 4 nitrogen and oxygen atoms in total. The molecule has 2 aromatic rings. The number of hydrogen-bond donors (Lipinski definition) is 0. The number of carbonyl (C=O) groups is 1. The van der Waals surface area contributed by atoms with Gasteiger partial charge >= 0.3 is 0 Å². The van der Waals surface area contributed by atoms with Crippen LogP contribution in [-0.4, -0.2) is 21.9 Å². The van der Waals surface area contributed by atoms with E-state index in [0.29, 0.717) is 23.6 Å². The molecular formula is C13H14N2O2. The maximum absolute atomic E-state index is 12.1. The van der Waals surface area contributed by atoms with E-state index in [-0.39, 0.29) is 5.78 Å². The minimum absolute atomic E-state index is 0.0906. The van der Waals surface area contributed by atoms with Gasteiger partial charge in [-0.05, 0) is 19.1 Å². The van der Waals surface area contributed by atoms with E-state index in [1.165, 1.54) is 0 Å². The molecule has 0 atom stereocenters. The zero-order valence-corrected chi connectivity index (χ0v) is 9.88. The summed E-state index contributed by atoms with van der Waals surface area (Å²) in [5.74, 6) is 0.612. The molecule has 0 bridgehead atoms. The average molecular weight is 230 g/mol. The van der Waals surface area contributed by atoms with Crippen LogP contribution in [0, 0.1) is 0 Å². The molecule has 17 heavy (non-hydrogen) atoms. The summed E-state index contributed by atoms with van der Waals surface area (Å²) < 4.78 is 7.11. The second kappa shape index (κ2) is 4.82. The van der Waals surface area contributed by atoms with E-state index < -0.39 is 0 Å². The number of ketones is 1. The van der Waals surface area contributed by atoms with Crippen molar-refractivity contribution in [2.75, 3.05) is 6.61 Å². The van der Waals surface area contributed by atoms with Crippen LogP contribution >= 0.6 is 0 Å². The van der Waals surface area contributed by atoms with Gasteiger partial charge in [0.05, 0.1) is 12.9 Å². The minimum atomic E-state index is -0.0906. The molecule has 0 saturated carbocycles. The van der Waals surface area contributed by atoms with Crippen LogP contribution < -0.4 is 4.74 Å². The summed E-state index contributed by atoms with van der Waals surface area (Å²) in [6.45, 7) is 2.49. The van der Waals surface area contributed by atoms with E-state index in [0.717, 1.165) is 0 Å². The third-order valence-corrected chi connectivity index (χ3v) is 2.34. The van der Waals surface area contributed by atoms with Crippen molar-refractivity contribution in [3.8, 4) is 5.75 Å². The number of hydrogen-bond acceptors (Lipinski definition) is 3. The highest BCUT2D eigenvalue weighted by Crippen LogP contribution is 2.15. The minimum Gasteiger partial charge on any atom is -0.494 e. The number of imidazole rings is 1. The molecular weight excluding hydrogens is 216 g/mol. The van der Waals surface area contributed by atoms with E-state index in [1.54, 1.807) is 35.3 Å². The quantitative estimate of drug-likeness (QED) is 0.755. The smallest absolute Gasteiger partial charge is 0.213 e. The Kier molecular flexibility index (Phi) is 3.23. The Labute approximate surface area is 99.9 Å². The number of benzene rings is 1. The molecule has 0 N–H and O–H groups in total. The Morgan fingerprint density at radius 3 is 2.94 bits per heavy atom. The van der Waals surface area contributed by atoms with Gasteiger partial charge in [0, 0.05) is 18.8 Å². The fourth-order valence-corrected chi connectivity index (χ4v) is 1.57. The molecule has 1 aromatic carbocycles. The van der Waals surface area contributed by atoms with Crippen LogP contribution in [0.25, 0.3) is 0 Å². The molecule has 0 saturated heterocycles. The van der Waals surface area contributed by atoms with Crippen LogP contribution in [0.4, 0.5) is 0 Å². The van der Waals surface area contributed by atoms with Crippen molar-refractivity contribution in [3.63, 3.8) is 0 Å². The van der Waals surface area contributed by atoms with Crippen molar-refractivity contribution in [2.45, 2.75) is 6.92 Å². The Balaban J connectivity index is 2.27. The molecule has 0 fully saturated rings. The molecule has 1 heterocycles. The topological polar surface area (TPSA) is 44.1 Å². The molecule has 0 radical (unpaired) electrons. The van der Waals surface area contributed by atoms with Gasteiger partial charge in [-0.2, -0.15) is 0 Å². The van der Waals surface area contributed by atoms with Gasteiger partial charge in [-0.3, -0.25) is 4.79 Å². The maximum Gasteiger partial charge on any atom is 0.213 e. The van der Waals surface area contributed by atoms with Gasteiger partial charge in [0.1, 0.15) is 11.4 Å². The lowest BCUT2D eigenvalue weighted by Gasteiger charge is -2.04. The first kappa shape index (κ1) is 11.4. The lowest BCUT2D eigenvalue weighted by molar-refractivity contribution is 0.103. The standard InChI is InChI=1S/C13H14N2O2/c1-3-17-11-6-4-5-10(7-11)13(16)12-8-15(2)9-14-12/h4-9H,3H2,1-2H3. The van der Waals surface area contributed by atoms with Gasteiger partial charge in [0.2, 0.25) is 5.78 Å². The maximum atomic E-state index is 12.1. The van der Waals surface area contributed by atoms with E-state index in [4.69, 9.17) is 4.74 Å². The Morgan fingerprint density at radius 1 is 1.47 bits per heavy atom. The normalized spacial score (nSPS) is 10.2. The molecule has 0 aliphatic heterocycles. The number of aromatic nitrogens is 2. The Hall–Kier alpha value is -2.10. The van der Waals surface area contributed by atoms with Crippen LogP contribution in [0.5, 0.6) is 5.75 Å². The molecule has 88 valence electrons. The molecule has 0 spiro atoms. The van der Waals surface area contributed by atoms with Gasteiger partial charge < -0.3 is 9.30 Å². The summed E-state index contributed by atoms with van der Waals surface area (Å²) in [4.78, 5) is 16.1. The number of ether oxygens (including phenoxy) is 1. The predicted octanol–water partition coefficient (Wildman–Crippen LogP) is 2.05. The van der Waals surface area contributed by atoms with Crippen molar-refractivity contribution in [1.29, 1.82) is 0 Å². The highest BCUT2D eigenvalue weighted by atomic mass is 16.5. The zero-order valence-electron chi connectivity index (χ0n) is 9.88.